The second-order valence-electron chi connectivity index (χ2n) is 5.14. The number of benzene rings is 1. The fraction of sp³-hybridized carbons (Fsp3) is 0.467. The zero-order valence-electron chi connectivity index (χ0n) is 11.2. The van der Waals surface area contributed by atoms with Gasteiger partial charge in [0.2, 0.25) is 0 Å². The van der Waals surface area contributed by atoms with E-state index in [2.05, 4.69) is 18.3 Å². The molecule has 3 heteroatoms. The highest BCUT2D eigenvalue weighted by Crippen LogP contribution is 2.26. The molecule has 1 aromatic rings. The molecule has 0 aliphatic rings. The van der Waals surface area contributed by atoms with Gasteiger partial charge in [-0.15, -0.1) is 0 Å². The smallest absolute Gasteiger partial charge is 0.252 e. The minimum Gasteiger partial charge on any atom is -0.336 e. The second kappa shape index (κ2) is 6.20. The van der Waals surface area contributed by atoms with Gasteiger partial charge in [0.1, 0.15) is 6.04 Å². The molecule has 1 unspecified atom stereocenters. The van der Waals surface area contributed by atoms with Crippen molar-refractivity contribution in [3.8, 4) is 6.07 Å². The molecular weight excluding hydrogens is 224 g/mol. The van der Waals surface area contributed by atoms with Gasteiger partial charge < -0.3 is 5.32 Å². The third kappa shape index (κ3) is 3.59. The molecule has 3 nitrogen and oxygen atoms in total. The van der Waals surface area contributed by atoms with Crippen molar-refractivity contribution >= 4 is 5.91 Å². The van der Waals surface area contributed by atoms with E-state index in [-0.39, 0.29) is 11.3 Å². The normalized spacial score (nSPS) is 12.6. The van der Waals surface area contributed by atoms with E-state index in [1.165, 1.54) is 0 Å². The second-order valence-corrected chi connectivity index (χ2v) is 5.14. The molecule has 0 fully saturated rings. The molecule has 0 heterocycles. The number of carbonyl (C=O) groups excluding carboxylic acids is 1. The Morgan fingerprint density at radius 3 is 2.50 bits per heavy atom. The average Bonchev–Trinajstić information content (AvgIpc) is 2.36. The van der Waals surface area contributed by atoms with Crippen molar-refractivity contribution in [3.63, 3.8) is 0 Å². The lowest BCUT2D eigenvalue weighted by atomic mass is 9.81. The summed E-state index contributed by atoms with van der Waals surface area (Å²) in [4.78, 5) is 12.0. The molecule has 1 atom stereocenters. The van der Waals surface area contributed by atoms with E-state index in [4.69, 9.17) is 0 Å². The molecule has 1 N–H and O–H groups in total. The van der Waals surface area contributed by atoms with E-state index in [9.17, 15) is 10.1 Å². The summed E-state index contributed by atoms with van der Waals surface area (Å²) in [6.07, 6.45) is 1.90. The molecule has 0 saturated carbocycles. The number of nitrogens with zero attached hydrogens (tertiary/aromatic N) is 1. The molecule has 1 amide bonds. The van der Waals surface area contributed by atoms with Crippen LogP contribution in [-0.2, 0) is 0 Å². The molecular formula is C15H20N2O. The fourth-order valence-corrected chi connectivity index (χ4v) is 2.00. The first kappa shape index (κ1) is 14.2. The number of nitrogens with one attached hydrogen (secondary N) is 1. The van der Waals surface area contributed by atoms with E-state index >= 15 is 0 Å². The largest absolute Gasteiger partial charge is 0.336 e. The van der Waals surface area contributed by atoms with Crippen LogP contribution in [0.5, 0.6) is 0 Å². The maximum Gasteiger partial charge on any atom is 0.252 e. The topological polar surface area (TPSA) is 52.9 Å². The summed E-state index contributed by atoms with van der Waals surface area (Å²) in [5.74, 6) is -0.189. The van der Waals surface area contributed by atoms with Gasteiger partial charge in [0.25, 0.3) is 5.91 Å². The Balaban J connectivity index is 2.76. The van der Waals surface area contributed by atoms with Crippen LogP contribution in [0.25, 0.3) is 0 Å². The van der Waals surface area contributed by atoms with E-state index in [0.29, 0.717) is 5.56 Å². The van der Waals surface area contributed by atoms with Gasteiger partial charge >= 0.3 is 0 Å². The number of hydrogen-bond donors (Lipinski definition) is 1. The lowest BCUT2D eigenvalue weighted by Crippen LogP contribution is -2.44. The van der Waals surface area contributed by atoms with Gasteiger partial charge in [-0.1, -0.05) is 45.4 Å². The number of nitriles is 1. The average molecular weight is 244 g/mol. The van der Waals surface area contributed by atoms with E-state index in [1.807, 2.05) is 32.0 Å². The van der Waals surface area contributed by atoms with Crippen LogP contribution in [0.15, 0.2) is 30.3 Å². The van der Waals surface area contributed by atoms with Crippen molar-refractivity contribution in [2.45, 2.75) is 39.7 Å². The Bertz CT molecular complexity index is 432. The summed E-state index contributed by atoms with van der Waals surface area (Å²) in [5, 5.41) is 12.0. The minimum absolute atomic E-state index is 0.189. The van der Waals surface area contributed by atoms with Crippen molar-refractivity contribution in [1.82, 2.24) is 5.32 Å². The first-order valence-corrected chi connectivity index (χ1v) is 6.27. The van der Waals surface area contributed by atoms with Crippen LogP contribution in [0.1, 0.15) is 44.0 Å². The number of hydrogen-bond acceptors (Lipinski definition) is 2. The highest BCUT2D eigenvalue weighted by atomic mass is 16.1. The molecule has 0 aliphatic carbocycles. The van der Waals surface area contributed by atoms with E-state index in [0.717, 1.165) is 12.8 Å². The molecule has 1 rings (SSSR count). The van der Waals surface area contributed by atoms with Gasteiger partial charge in [-0.25, -0.2) is 0 Å². The summed E-state index contributed by atoms with van der Waals surface area (Å²) < 4.78 is 0. The van der Waals surface area contributed by atoms with Gasteiger partial charge in [0.05, 0.1) is 6.07 Å². The maximum absolute atomic E-state index is 12.0. The molecule has 0 aliphatic heterocycles. The van der Waals surface area contributed by atoms with Crippen LogP contribution in [-0.4, -0.2) is 11.9 Å². The van der Waals surface area contributed by atoms with Gasteiger partial charge in [-0.2, -0.15) is 5.26 Å². The molecule has 0 bridgehead atoms. The lowest BCUT2D eigenvalue weighted by molar-refractivity contribution is 0.0913. The van der Waals surface area contributed by atoms with Crippen LogP contribution < -0.4 is 5.32 Å². The summed E-state index contributed by atoms with van der Waals surface area (Å²) in [7, 11) is 0. The molecule has 1 aromatic carbocycles. The first-order valence-electron chi connectivity index (χ1n) is 6.27. The van der Waals surface area contributed by atoms with E-state index < -0.39 is 6.04 Å². The zero-order chi connectivity index (χ0) is 13.6. The third-order valence-corrected chi connectivity index (χ3v) is 3.12. The molecule has 18 heavy (non-hydrogen) atoms. The molecule has 0 spiro atoms. The molecule has 0 aromatic heterocycles. The number of rotatable bonds is 5. The Kier molecular flexibility index (Phi) is 4.91. The van der Waals surface area contributed by atoms with Crippen LogP contribution in [0.3, 0.4) is 0 Å². The molecule has 0 saturated heterocycles. The summed E-state index contributed by atoms with van der Waals surface area (Å²) >= 11 is 0. The quantitative estimate of drug-likeness (QED) is 0.865. The SMILES string of the molecule is CCCC(C)(C)C(C#N)NC(=O)c1ccccc1. The van der Waals surface area contributed by atoms with Crippen molar-refractivity contribution in [2.24, 2.45) is 5.41 Å². The van der Waals surface area contributed by atoms with Crippen LogP contribution in [0.2, 0.25) is 0 Å². The van der Waals surface area contributed by atoms with Crippen molar-refractivity contribution in [1.29, 1.82) is 5.26 Å². The Labute approximate surface area is 109 Å². The predicted molar refractivity (Wildman–Crippen MR) is 72.0 cm³/mol. The van der Waals surface area contributed by atoms with Crippen molar-refractivity contribution in [2.75, 3.05) is 0 Å². The Morgan fingerprint density at radius 1 is 1.39 bits per heavy atom. The van der Waals surface area contributed by atoms with Gasteiger partial charge in [-0.05, 0) is 24.0 Å². The minimum atomic E-state index is -0.467. The Hall–Kier alpha value is -1.82. The zero-order valence-corrected chi connectivity index (χ0v) is 11.2. The highest BCUT2D eigenvalue weighted by Gasteiger charge is 2.30. The Morgan fingerprint density at radius 2 is 2.00 bits per heavy atom. The van der Waals surface area contributed by atoms with Crippen molar-refractivity contribution in [3.05, 3.63) is 35.9 Å². The highest BCUT2D eigenvalue weighted by molar-refractivity contribution is 5.94. The van der Waals surface area contributed by atoms with Crippen LogP contribution in [0, 0.1) is 16.7 Å². The van der Waals surface area contributed by atoms with Crippen LogP contribution >= 0.6 is 0 Å². The lowest BCUT2D eigenvalue weighted by Gasteiger charge is -2.29. The molecule has 96 valence electrons. The molecule has 0 radical (unpaired) electrons. The summed E-state index contributed by atoms with van der Waals surface area (Å²) in [6, 6.07) is 10.7. The van der Waals surface area contributed by atoms with Gasteiger partial charge in [-0.3, -0.25) is 4.79 Å². The third-order valence-electron chi connectivity index (χ3n) is 3.12. The summed E-state index contributed by atoms with van der Waals surface area (Å²) in [5.41, 5.74) is 0.374. The first-order chi connectivity index (χ1) is 8.51. The van der Waals surface area contributed by atoms with E-state index in [1.54, 1.807) is 12.1 Å². The number of carbonyl (C=O) groups is 1. The maximum atomic E-state index is 12.0. The summed E-state index contributed by atoms with van der Waals surface area (Å²) in [6.45, 7) is 6.10. The number of amides is 1. The van der Waals surface area contributed by atoms with Gasteiger partial charge in [0.15, 0.2) is 0 Å². The van der Waals surface area contributed by atoms with Gasteiger partial charge in [0, 0.05) is 5.56 Å². The fourth-order valence-electron chi connectivity index (χ4n) is 2.00. The van der Waals surface area contributed by atoms with Crippen molar-refractivity contribution < 1.29 is 4.79 Å². The standard InChI is InChI=1S/C15H20N2O/c1-4-10-15(2,3)13(11-16)17-14(18)12-8-6-5-7-9-12/h5-9,13H,4,10H2,1-3H3,(H,17,18). The monoisotopic (exact) mass is 244 g/mol. The predicted octanol–water partition coefficient (Wildman–Crippen LogP) is 3.13. The van der Waals surface area contributed by atoms with Crippen LogP contribution in [0.4, 0.5) is 0 Å².